The van der Waals surface area contributed by atoms with Crippen molar-refractivity contribution in [2.45, 2.75) is 19.0 Å². The Labute approximate surface area is 140 Å². The zero-order valence-electron chi connectivity index (χ0n) is 12.7. The van der Waals surface area contributed by atoms with Crippen LogP contribution in [0.1, 0.15) is 12.0 Å². The molecule has 3 rings (SSSR count). The van der Waals surface area contributed by atoms with E-state index in [2.05, 4.69) is 20.5 Å². The molecule has 0 radical (unpaired) electrons. The first-order valence-corrected chi connectivity index (χ1v) is 8.03. The average Bonchev–Trinajstić information content (AvgIpc) is 3.04. The molecular weight excluding hydrogens is 312 g/mol. The largest absolute Gasteiger partial charge is 0.354 e. The van der Waals surface area contributed by atoms with E-state index in [0.29, 0.717) is 11.6 Å². The maximum Gasteiger partial charge on any atom is 0.315 e. The van der Waals surface area contributed by atoms with Crippen LogP contribution in [0.2, 0.25) is 5.02 Å². The van der Waals surface area contributed by atoms with E-state index < -0.39 is 0 Å². The summed E-state index contributed by atoms with van der Waals surface area (Å²) in [6, 6.07) is 13.3. The maximum absolute atomic E-state index is 12.0. The SMILES string of the molecule is O=C(NCc1ccc(Cl)cc1)N[C@@H]1CCN(c2ccccn2)C1. The molecule has 0 bridgehead atoms. The van der Waals surface area contributed by atoms with Crippen LogP contribution in [-0.4, -0.2) is 30.1 Å². The number of halogens is 1. The van der Waals surface area contributed by atoms with Gasteiger partial charge in [-0.1, -0.05) is 29.8 Å². The summed E-state index contributed by atoms with van der Waals surface area (Å²) in [6.07, 6.45) is 2.71. The third-order valence-corrected chi connectivity index (χ3v) is 4.12. The average molecular weight is 331 g/mol. The number of carbonyl (C=O) groups excluding carboxylic acids is 1. The smallest absolute Gasteiger partial charge is 0.315 e. The predicted molar refractivity (Wildman–Crippen MR) is 91.7 cm³/mol. The fourth-order valence-electron chi connectivity index (χ4n) is 2.65. The minimum Gasteiger partial charge on any atom is -0.354 e. The number of rotatable bonds is 4. The molecule has 0 unspecified atom stereocenters. The van der Waals surface area contributed by atoms with Gasteiger partial charge in [-0.3, -0.25) is 0 Å². The predicted octanol–water partition coefficient (Wildman–Crippen LogP) is 2.81. The van der Waals surface area contributed by atoms with Crippen LogP contribution >= 0.6 is 11.6 Å². The van der Waals surface area contributed by atoms with Crippen LogP contribution in [-0.2, 0) is 6.54 Å². The summed E-state index contributed by atoms with van der Waals surface area (Å²) >= 11 is 5.84. The van der Waals surface area contributed by atoms with Crippen molar-refractivity contribution in [3.63, 3.8) is 0 Å². The summed E-state index contributed by atoms with van der Waals surface area (Å²) in [6.45, 7) is 2.17. The molecule has 1 aromatic heterocycles. The Bertz CT molecular complexity index is 647. The summed E-state index contributed by atoms with van der Waals surface area (Å²) in [5.41, 5.74) is 1.02. The van der Waals surface area contributed by atoms with E-state index in [-0.39, 0.29) is 12.1 Å². The van der Waals surface area contributed by atoms with Gasteiger partial charge in [-0.25, -0.2) is 9.78 Å². The van der Waals surface area contributed by atoms with Crippen molar-refractivity contribution in [2.24, 2.45) is 0 Å². The Balaban J connectivity index is 1.45. The molecule has 0 saturated carbocycles. The van der Waals surface area contributed by atoms with Crippen LogP contribution in [0.4, 0.5) is 10.6 Å². The van der Waals surface area contributed by atoms with Gasteiger partial charge in [0.2, 0.25) is 0 Å². The Morgan fingerprint density at radius 3 is 2.83 bits per heavy atom. The van der Waals surface area contributed by atoms with Gasteiger partial charge in [-0.05, 0) is 36.2 Å². The molecular formula is C17H19ClN4O. The third kappa shape index (κ3) is 4.36. The van der Waals surface area contributed by atoms with Crippen molar-refractivity contribution in [3.05, 3.63) is 59.2 Å². The molecule has 0 spiro atoms. The first kappa shape index (κ1) is 15.6. The molecule has 2 heterocycles. The molecule has 23 heavy (non-hydrogen) atoms. The zero-order valence-corrected chi connectivity index (χ0v) is 13.5. The van der Waals surface area contributed by atoms with Gasteiger partial charge in [-0.15, -0.1) is 0 Å². The van der Waals surface area contributed by atoms with Crippen molar-refractivity contribution in [1.29, 1.82) is 0 Å². The molecule has 6 heteroatoms. The van der Waals surface area contributed by atoms with Crippen LogP contribution in [0.15, 0.2) is 48.7 Å². The van der Waals surface area contributed by atoms with Crippen molar-refractivity contribution in [3.8, 4) is 0 Å². The lowest BCUT2D eigenvalue weighted by Crippen LogP contribution is -2.43. The second kappa shape index (κ2) is 7.33. The lowest BCUT2D eigenvalue weighted by molar-refractivity contribution is 0.237. The summed E-state index contributed by atoms with van der Waals surface area (Å²) in [7, 11) is 0. The van der Waals surface area contributed by atoms with E-state index >= 15 is 0 Å². The Morgan fingerprint density at radius 2 is 2.09 bits per heavy atom. The highest BCUT2D eigenvalue weighted by Gasteiger charge is 2.24. The molecule has 2 N–H and O–H groups in total. The molecule has 120 valence electrons. The van der Waals surface area contributed by atoms with Crippen LogP contribution in [0, 0.1) is 0 Å². The topological polar surface area (TPSA) is 57.3 Å². The summed E-state index contributed by atoms with van der Waals surface area (Å²) in [5.74, 6) is 0.957. The van der Waals surface area contributed by atoms with E-state index in [4.69, 9.17) is 11.6 Å². The lowest BCUT2D eigenvalue weighted by atomic mass is 10.2. The van der Waals surface area contributed by atoms with Gasteiger partial charge in [-0.2, -0.15) is 0 Å². The highest BCUT2D eigenvalue weighted by Crippen LogP contribution is 2.17. The van der Waals surface area contributed by atoms with E-state index in [0.717, 1.165) is 30.9 Å². The van der Waals surface area contributed by atoms with E-state index in [1.54, 1.807) is 6.20 Å². The molecule has 1 aromatic carbocycles. The molecule has 1 atom stereocenters. The third-order valence-electron chi connectivity index (χ3n) is 3.86. The van der Waals surface area contributed by atoms with Crippen molar-refractivity contribution < 1.29 is 4.79 Å². The number of nitrogens with one attached hydrogen (secondary N) is 2. The maximum atomic E-state index is 12.0. The number of nitrogens with zero attached hydrogens (tertiary/aromatic N) is 2. The number of hydrogen-bond donors (Lipinski definition) is 2. The number of anilines is 1. The zero-order chi connectivity index (χ0) is 16.1. The number of hydrogen-bond acceptors (Lipinski definition) is 3. The normalized spacial score (nSPS) is 17.1. The van der Waals surface area contributed by atoms with Crippen molar-refractivity contribution in [2.75, 3.05) is 18.0 Å². The first-order valence-electron chi connectivity index (χ1n) is 7.65. The molecule has 1 aliphatic rings. The molecule has 0 aliphatic carbocycles. The monoisotopic (exact) mass is 330 g/mol. The minimum absolute atomic E-state index is 0.141. The molecule has 1 aliphatic heterocycles. The van der Waals surface area contributed by atoms with Gasteiger partial charge in [0, 0.05) is 36.9 Å². The van der Waals surface area contributed by atoms with Gasteiger partial charge in [0.25, 0.3) is 0 Å². The lowest BCUT2D eigenvalue weighted by Gasteiger charge is -2.18. The molecule has 2 aromatic rings. The number of amides is 2. The molecule has 2 amide bonds. The minimum atomic E-state index is -0.146. The standard InChI is InChI=1S/C17H19ClN4O/c18-14-6-4-13(5-7-14)11-20-17(23)21-15-8-10-22(12-15)16-3-1-2-9-19-16/h1-7,9,15H,8,10-12H2,(H2,20,21,23)/t15-/m1/s1. The Hall–Kier alpha value is -2.27. The van der Waals surface area contributed by atoms with Gasteiger partial charge in [0.15, 0.2) is 0 Å². The second-order valence-electron chi connectivity index (χ2n) is 5.57. The van der Waals surface area contributed by atoms with Gasteiger partial charge in [0.05, 0.1) is 0 Å². The summed E-state index contributed by atoms with van der Waals surface area (Å²) in [4.78, 5) is 18.5. The number of carbonyl (C=O) groups is 1. The van der Waals surface area contributed by atoms with Gasteiger partial charge >= 0.3 is 6.03 Å². The van der Waals surface area contributed by atoms with Crippen molar-refractivity contribution in [1.82, 2.24) is 15.6 Å². The highest BCUT2D eigenvalue weighted by molar-refractivity contribution is 6.30. The van der Waals surface area contributed by atoms with Crippen LogP contribution in [0.3, 0.4) is 0 Å². The van der Waals surface area contributed by atoms with Gasteiger partial charge in [0.1, 0.15) is 5.82 Å². The molecule has 5 nitrogen and oxygen atoms in total. The van der Waals surface area contributed by atoms with E-state index in [1.807, 2.05) is 42.5 Å². The highest BCUT2D eigenvalue weighted by atomic mass is 35.5. The molecule has 1 fully saturated rings. The number of urea groups is 1. The fourth-order valence-corrected chi connectivity index (χ4v) is 2.77. The van der Waals surface area contributed by atoms with Crippen LogP contribution in [0.25, 0.3) is 0 Å². The van der Waals surface area contributed by atoms with Gasteiger partial charge < -0.3 is 15.5 Å². The Kier molecular flexibility index (Phi) is 4.98. The molecule has 1 saturated heterocycles. The number of benzene rings is 1. The van der Waals surface area contributed by atoms with Crippen LogP contribution in [0.5, 0.6) is 0 Å². The fraction of sp³-hybridized carbons (Fsp3) is 0.294. The first-order chi connectivity index (χ1) is 11.2. The van der Waals surface area contributed by atoms with E-state index in [1.165, 1.54) is 0 Å². The quantitative estimate of drug-likeness (QED) is 0.906. The van der Waals surface area contributed by atoms with E-state index in [9.17, 15) is 4.79 Å². The van der Waals surface area contributed by atoms with Crippen LogP contribution < -0.4 is 15.5 Å². The second-order valence-corrected chi connectivity index (χ2v) is 6.01. The Morgan fingerprint density at radius 1 is 1.26 bits per heavy atom. The number of pyridine rings is 1. The number of aromatic nitrogens is 1. The summed E-state index contributed by atoms with van der Waals surface area (Å²) in [5, 5.41) is 6.58. The summed E-state index contributed by atoms with van der Waals surface area (Å²) < 4.78 is 0. The van der Waals surface area contributed by atoms with Crippen molar-refractivity contribution >= 4 is 23.4 Å².